The number of fused-ring (bicyclic) bond motifs is 2. The third-order valence-electron chi connectivity index (χ3n) is 3.18. The Morgan fingerprint density at radius 1 is 1.57 bits per heavy atom. The Morgan fingerprint density at radius 2 is 2.29 bits per heavy atom. The molecule has 3 nitrogen and oxygen atoms in total. The van der Waals surface area contributed by atoms with Crippen LogP contribution in [0.15, 0.2) is 12.2 Å². The number of likely N-dealkylation sites (tertiary alicyclic amines) is 1. The van der Waals surface area contributed by atoms with Gasteiger partial charge in [0.15, 0.2) is 0 Å². The highest BCUT2D eigenvalue weighted by Gasteiger charge is 2.49. The van der Waals surface area contributed by atoms with Crippen LogP contribution in [0.3, 0.4) is 0 Å². The fraction of sp³-hybridized carbons (Fsp3) is 0.727. The van der Waals surface area contributed by atoms with Crippen LogP contribution in [0.5, 0.6) is 0 Å². The Balaban J connectivity index is 2.31. The molecule has 0 aromatic rings. The van der Waals surface area contributed by atoms with Gasteiger partial charge in [0.05, 0.1) is 18.1 Å². The van der Waals surface area contributed by atoms with Crippen molar-refractivity contribution in [1.29, 1.82) is 0 Å². The van der Waals surface area contributed by atoms with Gasteiger partial charge in [-0.25, -0.2) is 0 Å². The third-order valence-corrected chi connectivity index (χ3v) is 3.18. The molecule has 0 spiro atoms. The average Bonchev–Trinajstić information content (AvgIpc) is 2.29. The van der Waals surface area contributed by atoms with Crippen molar-refractivity contribution in [1.82, 2.24) is 4.90 Å². The molecule has 2 aliphatic rings. The van der Waals surface area contributed by atoms with E-state index in [0.29, 0.717) is 0 Å². The summed E-state index contributed by atoms with van der Waals surface area (Å²) in [5, 5.41) is 0. The number of rotatable bonds is 2. The second-order valence-electron chi connectivity index (χ2n) is 4.30. The topological polar surface area (TPSA) is 29.5 Å². The summed E-state index contributed by atoms with van der Waals surface area (Å²) in [6.45, 7) is 4.11. The van der Waals surface area contributed by atoms with Crippen LogP contribution in [0.2, 0.25) is 0 Å². The molecule has 1 fully saturated rings. The number of amides is 1. The average molecular weight is 195 g/mol. The van der Waals surface area contributed by atoms with Crippen LogP contribution in [0, 0.1) is 5.92 Å². The fourth-order valence-electron chi connectivity index (χ4n) is 2.58. The van der Waals surface area contributed by atoms with E-state index in [0.717, 1.165) is 6.42 Å². The van der Waals surface area contributed by atoms with Gasteiger partial charge in [0.2, 0.25) is 5.91 Å². The van der Waals surface area contributed by atoms with Crippen LogP contribution in [-0.4, -0.2) is 36.1 Å². The van der Waals surface area contributed by atoms with E-state index in [9.17, 15) is 4.79 Å². The van der Waals surface area contributed by atoms with Crippen molar-refractivity contribution in [2.24, 2.45) is 5.92 Å². The normalized spacial score (nSPS) is 35.9. The predicted octanol–water partition coefficient (Wildman–Crippen LogP) is 1.20. The van der Waals surface area contributed by atoms with Crippen LogP contribution >= 0.6 is 0 Å². The highest BCUT2D eigenvalue weighted by Crippen LogP contribution is 2.35. The molecule has 2 bridgehead atoms. The number of methoxy groups -OCH3 is 1. The summed E-state index contributed by atoms with van der Waals surface area (Å²) in [6, 6.07) is 0.421. The van der Waals surface area contributed by atoms with E-state index in [4.69, 9.17) is 4.74 Å². The summed E-state index contributed by atoms with van der Waals surface area (Å²) in [5.41, 5.74) is 0. The quantitative estimate of drug-likeness (QED) is 0.620. The molecule has 0 unspecified atom stereocenters. The highest BCUT2D eigenvalue weighted by atomic mass is 16.5. The summed E-state index contributed by atoms with van der Waals surface area (Å²) >= 11 is 0. The van der Waals surface area contributed by atoms with Crippen molar-refractivity contribution in [2.75, 3.05) is 7.11 Å². The first-order valence-corrected chi connectivity index (χ1v) is 5.18. The van der Waals surface area contributed by atoms with Crippen LogP contribution < -0.4 is 0 Å². The van der Waals surface area contributed by atoms with Crippen molar-refractivity contribution >= 4 is 5.91 Å². The summed E-state index contributed by atoms with van der Waals surface area (Å²) in [5.74, 6) is 0.305. The molecule has 14 heavy (non-hydrogen) atoms. The first-order valence-electron chi connectivity index (χ1n) is 5.18. The minimum Gasteiger partial charge on any atom is -0.378 e. The lowest BCUT2D eigenvalue weighted by molar-refractivity contribution is -0.133. The van der Waals surface area contributed by atoms with Gasteiger partial charge in [0.25, 0.3) is 0 Å². The monoisotopic (exact) mass is 195 g/mol. The zero-order chi connectivity index (χ0) is 10.3. The number of ether oxygens (including phenoxy) is 1. The number of carbonyl (C=O) groups excluding carboxylic acids is 1. The van der Waals surface area contributed by atoms with E-state index >= 15 is 0 Å². The van der Waals surface area contributed by atoms with Crippen molar-refractivity contribution < 1.29 is 9.53 Å². The first-order chi connectivity index (χ1) is 6.66. The molecule has 0 aromatic carbocycles. The molecule has 3 heteroatoms. The van der Waals surface area contributed by atoms with E-state index in [1.165, 1.54) is 0 Å². The molecular formula is C11H17NO2. The van der Waals surface area contributed by atoms with E-state index in [2.05, 4.69) is 26.0 Å². The number of nitrogens with zero attached hydrogens (tertiary/aromatic N) is 1. The summed E-state index contributed by atoms with van der Waals surface area (Å²) in [6.07, 6.45) is 5.10. The summed E-state index contributed by atoms with van der Waals surface area (Å²) in [4.78, 5) is 14.0. The van der Waals surface area contributed by atoms with Crippen molar-refractivity contribution in [3.8, 4) is 0 Å². The molecule has 0 radical (unpaired) electrons. The van der Waals surface area contributed by atoms with E-state index < -0.39 is 0 Å². The Labute approximate surface area is 84.7 Å². The molecule has 1 amide bonds. The Hall–Kier alpha value is -0.830. The van der Waals surface area contributed by atoms with Gasteiger partial charge in [-0.1, -0.05) is 12.2 Å². The van der Waals surface area contributed by atoms with Gasteiger partial charge in [-0.05, 0) is 20.3 Å². The molecule has 0 aromatic heterocycles. The van der Waals surface area contributed by atoms with Gasteiger partial charge >= 0.3 is 0 Å². The number of carbonyl (C=O) groups is 1. The second-order valence-corrected chi connectivity index (χ2v) is 4.30. The molecule has 1 aliphatic heterocycles. The zero-order valence-electron chi connectivity index (χ0n) is 8.93. The molecule has 1 aliphatic carbocycles. The van der Waals surface area contributed by atoms with Gasteiger partial charge in [0, 0.05) is 13.2 Å². The predicted molar refractivity (Wildman–Crippen MR) is 53.8 cm³/mol. The van der Waals surface area contributed by atoms with Crippen molar-refractivity contribution in [3.63, 3.8) is 0 Å². The molecule has 2 rings (SSSR count). The lowest BCUT2D eigenvalue weighted by atomic mass is 9.92. The minimum absolute atomic E-state index is 0.0531. The van der Waals surface area contributed by atoms with Crippen LogP contribution in [0.1, 0.15) is 20.3 Å². The van der Waals surface area contributed by atoms with Gasteiger partial charge < -0.3 is 9.64 Å². The van der Waals surface area contributed by atoms with Crippen LogP contribution in [0.4, 0.5) is 0 Å². The minimum atomic E-state index is 0.0531. The molecular weight excluding hydrogens is 178 g/mol. The van der Waals surface area contributed by atoms with Crippen LogP contribution in [-0.2, 0) is 9.53 Å². The lowest BCUT2D eigenvalue weighted by Gasteiger charge is -2.29. The van der Waals surface area contributed by atoms with E-state index in [-0.39, 0.29) is 30.0 Å². The van der Waals surface area contributed by atoms with Crippen LogP contribution in [0.25, 0.3) is 0 Å². The maximum Gasteiger partial charge on any atom is 0.229 e. The van der Waals surface area contributed by atoms with E-state index in [1.807, 2.05) is 4.90 Å². The summed E-state index contributed by atoms with van der Waals surface area (Å²) in [7, 11) is 1.70. The van der Waals surface area contributed by atoms with Crippen molar-refractivity contribution in [3.05, 3.63) is 12.2 Å². The lowest BCUT2D eigenvalue weighted by Crippen LogP contribution is -2.40. The Kier molecular flexibility index (Phi) is 2.35. The molecule has 3 atom stereocenters. The van der Waals surface area contributed by atoms with Gasteiger partial charge in [-0.15, -0.1) is 0 Å². The Morgan fingerprint density at radius 3 is 2.79 bits per heavy atom. The Bertz CT molecular complexity index is 272. The largest absolute Gasteiger partial charge is 0.378 e. The number of hydrogen-bond donors (Lipinski definition) is 0. The molecule has 1 heterocycles. The number of hydrogen-bond acceptors (Lipinski definition) is 2. The smallest absolute Gasteiger partial charge is 0.229 e. The van der Waals surface area contributed by atoms with E-state index in [1.54, 1.807) is 7.11 Å². The first kappa shape index (κ1) is 9.71. The maximum atomic E-state index is 12.0. The zero-order valence-corrected chi connectivity index (χ0v) is 8.93. The standard InChI is InChI=1S/C11H17NO2/c1-7(2)12-9-6-4-5-8(11(12)13)10(9)14-3/h4,6-10H,5H2,1-3H3/t8-,9+,10-/m0/s1. The maximum absolute atomic E-state index is 12.0. The molecule has 0 saturated carbocycles. The second kappa shape index (κ2) is 3.39. The van der Waals surface area contributed by atoms with Crippen molar-refractivity contribution in [2.45, 2.75) is 38.5 Å². The number of allylic oxidation sites excluding steroid dienone is 1. The summed E-state index contributed by atoms with van der Waals surface area (Å²) < 4.78 is 5.42. The molecule has 78 valence electrons. The fourth-order valence-corrected chi connectivity index (χ4v) is 2.58. The molecule has 0 N–H and O–H groups in total. The third kappa shape index (κ3) is 1.19. The SMILES string of the molecule is CO[C@H]1[C@@H]2CC=C[C@H]1N(C(C)C)C2=O. The molecule has 1 saturated heterocycles. The van der Waals surface area contributed by atoms with Gasteiger partial charge in [-0.3, -0.25) is 4.79 Å². The highest BCUT2D eigenvalue weighted by molar-refractivity contribution is 5.84. The van der Waals surface area contributed by atoms with Gasteiger partial charge in [0.1, 0.15) is 0 Å². The van der Waals surface area contributed by atoms with Gasteiger partial charge in [-0.2, -0.15) is 0 Å².